The smallest absolute Gasteiger partial charge is 0.0676 e. The Bertz CT molecular complexity index is 2110. The highest BCUT2D eigenvalue weighted by Gasteiger charge is 2.47. The zero-order chi connectivity index (χ0) is 32.7. The summed E-state index contributed by atoms with van der Waals surface area (Å²) in [4.78, 5) is 2.36. The predicted molar refractivity (Wildman–Crippen MR) is 203 cm³/mol. The molecule has 0 spiro atoms. The molecule has 8 rings (SSSR count). The van der Waals surface area contributed by atoms with E-state index in [2.05, 4.69) is 196 Å². The Kier molecular flexibility index (Phi) is 7.49. The van der Waals surface area contributed by atoms with Crippen LogP contribution in [0.3, 0.4) is 0 Å². The third-order valence-electron chi connectivity index (χ3n) is 10.2. The van der Waals surface area contributed by atoms with Crippen LogP contribution in [0.1, 0.15) is 61.4 Å². The van der Waals surface area contributed by atoms with Crippen molar-refractivity contribution < 1.29 is 0 Å². The summed E-state index contributed by atoms with van der Waals surface area (Å²) in [5.41, 5.74) is 15.3. The molecule has 0 fully saturated rings. The van der Waals surface area contributed by atoms with Crippen LogP contribution in [0.4, 0.5) is 17.1 Å². The van der Waals surface area contributed by atoms with Crippen LogP contribution in [-0.2, 0) is 10.8 Å². The first-order valence-corrected chi connectivity index (χ1v) is 17.2. The van der Waals surface area contributed by atoms with Crippen molar-refractivity contribution in [3.63, 3.8) is 0 Å². The largest absolute Gasteiger partial charge is 0.311 e. The highest BCUT2D eigenvalue weighted by molar-refractivity contribution is 5.91. The van der Waals surface area contributed by atoms with Gasteiger partial charge in [-0.2, -0.15) is 0 Å². The van der Waals surface area contributed by atoms with Crippen molar-refractivity contribution in [2.45, 2.75) is 44.4 Å². The summed E-state index contributed by atoms with van der Waals surface area (Å²) in [6, 6.07) is 58.2. The molecule has 234 valence electrons. The second-order valence-electron chi connectivity index (χ2n) is 14.1. The van der Waals surface area contributed by atoms with Gasteiger partial charge < -0.3 is 4.90 Å². The van der Waals surface area contributed by atoms with Crippen LogP contribution in [0.15, 0.2) is 175 Å². The summed E-state index contributed by atoms with van der Waals surface area (Å²) in [5, 5.41) is 0. The van der Waals surface area contributed by atoms with Gasteiger partial charge >= 0.3 is 0 Å². The van der Waals surface area contributed by atoms with Gasteiger partial charge in [-0.15, -0.1) is 0 Å². The van der Waals surface area contributed by atoms with E-state index >= 15 is 0 Å². The quantitative estimate of drug-likeness (QED) is 0.179. The van der Waals surface area contributed by atoms with E-state index in [9.17, 15) is 0 Å². The van der Waals surface area contributed by atoms with Crippen LogP contribution in [0.5, 0.6) is 0 Å². The molecular formula is C47H41N. The summed E-state index contributed by atoms with van der Waals surface area (Å²) >= 11 is 0. The summed E-state index contributed by atoms with van der Waals surface area (Å²) in [6.45, 7) is 6.78. The maximum atomic E-state index is 2.37. The molecule has 0 radical (unpaired) electrons. The van der Waals surface area contributed by atoms with E-state index in [0.717, 1.165) is 29.9 Å². The Balaban J connectivity index is 1.22. The number of hydrogen-bond acceptors (Lipinski definition) is 1. The molecule has 2 aliphatic carbocycles. The van der Waals surface area contributed by atoms with Gasteiger partial charge in [0.05, 0.1) is 5.41 Å². The van der Waals surface area contributed by atoms with Gasteiger partial charge in [0.2, 0.25) is 0 Å². The molecule has 1 unspecified atom stereocenters. The molecule has 0 saturated carbocycles. The van der Waals surface area contributed by atoms with Crippen LogP contribution < -0.4 is 4.90 Å². The van der Waals surface area contributed by atoms with E-state index < -0.39 is 0 Å². The van der Waals surface area contributed by atoms with E-state index in [1.807, 2.05) is 0 Å². The van der Waals surface area contributed by atoms with E-state index in [-0.39, 0.29) is 10.8 Å². The molecule has 1 nitrogen and oxygen atoms in total. The number of fused-ring (bicyclic) bond motifs is 2. The zero-order valence-electron chi connectivity index (χ0n) is 28.0. The van der Waals surface area contributed by atoms with Crippen molar-refractivity contribution in [3.05, 3.63) is 203 Å². The van der Waals surface area contributed by atoms with Crippen LogP contribution in [-0.4, -0.2) is 0 Å². The van der Waals surface area contributed by atoms with E-state index in [0.29, 0.717) is 0 Å². The van der Waals surface area contributed by atoms with E-state index in [1.54, 1.807) is 0 Å². The lowest BCUT2D eigenvalue weighted by Crippen LogP contribution is -2.30. The minimum absolute atomic E-state index is 0.142. The molecular weight excluding hydrogens is 579 g/mol. The van der Waals surface area contributed by atoms with Crippen molar-refractivity contribution in [2.24, 2.45) is 0 Å². The highest BCUT2D eigenvalue weighted by Crippen LogP contribution is 2.57. The van der Waals surface area contributed by atoms with E-state index in [4.69, 9.17) is 0 Å². The summed E-state index contributed by atoms with van der Waals surface area (Å²) < 4.78 is 0. The fraction of sp³-hybridized carbons (Fsp3) is 0.149. The lowest BCUT2D eigenvalue weighted by atomic mass is 9.65. The van der Waals surface area contributed by atoms with Gasteiger partial charge in [0.15, 0.2) is 0 Å². The average Bonchev–Trinajstić information content (AvgIpc) is 3.44. The van der Waals surface area contributed by atoms with Crippen LogP contribution in [0, 0.1) is 0 Å². The first-order valence-electron chi connectivity index (χ1n) is 17.2. The Morgan fingerprint density at radius 3 is 1.69 bits per heavy atom. The van der Waals surface area contributed by atoms with Crippen molar-refractivity contribution in [1.29, 1.82) is 0 Å². The number of allylic oxidation sites excluding steroid dienone is 4. The minimum Gasteiger partial charge on any atom is -0.311 e. The zero-order valence-corrected chi connectivity index (χ0v) is 28.0. The monoisotopic (exact) mass is 619 g/mol. The Morgan fingerprint density at radius 1 is 0.521 bits per heavy atom. The third-order valence-corrected chi connectivity index (χ3v) is 10.2. The van der Waals surface area contributed by atoms with Crippen molar-refractivity contribution >= 4 is 22.6 Å². The maximum Gasteiger partial charge on any atom is 0.0676 e. The predicted octanol–water partition coefficient (Wildman–Crippen LogP) is 12.6. The first kappa shape index (κ1) is 30.0. The normalized spacial score (nSPS) is 16.8. The van der Waals surface area contributed by atoms with Gasteiger partial charge in [0.1, 0.15) is 0 Å². The molecule has 0 N–H and O–H groups in total. The van der Waals surface area contributed by atoms with E-state index in [1.165, 1.54) is 50.1 Å². The fourth-order valence-corrected chi connectivity index (χ4v) is 7.88. The minimum atomic E-state index is -0.321. The van der Waals surface area contributed by atoms with Gasteiger partial charge in [0.25, 0.3) is 0 Å². The van der Waals surface area contributed by atoms with Crippen LogP contribution in [0.2, 0.25) is 0 Å². The third kappa shape index (κ3) is 5.02. The Labute approximate surface area is 285 Å². The topological polar surface area (TPSA) is 3.24 Å². The standard InChI is InChI=1S/C47H41N/c1-46(2,3)36-26-22-34(23-27-36)35-24-30-40(31-25-35)48(39-16-8-5-9-17-39)41-32-28-38(29-33-41)47(37-14-6-4-7-15-37)44-20-12-10-18-42(44)43-19-11-13-21-45(43)47/h4-12,14-20,22-33H,13,21H2,1-3H3. The number of hydrogen-bond donors (Lipinski definition) is 0. The van der Waals surface area contributed by atoms with Crippen LogP contribution in [0.25, 0.3) is 16.7 Å². The molecule has 6 aromatic rings. The second-order valence-corrected chi connectivity index (χ2v) is 14.1. The highest BCUT2D eigenvalue weighted by atomic mass is 15.1. The number of benzene rings is 6. The molecule has 0 saturated heterocycles. The van der Waals surface area contributed by atoms with Gasteiger partial charge in [-0.25, -0.2) is 0 Å². The SMILES string of the molecule is CC(C)(C)c1ccc(-c2ccc(N(c3ccccc3)c3ccc(C4(c5ccccc5)C5=C(C=CCC5)c5ccccc54)cc3)cc2)cc1. The number of para-hydroxylation sites is 1. The number of rotatable bonds is 6. The fourth-order valence-electron chi connectivity index (χ4n) is 7.88. The molecule has 6 aromatic carbocycles. The molecule has 2 aliphatic rings. The van der Waals surface area contributed by atoms with Crippen LogP contribution >= 0.6 is 0 Å². The Hall–Kier alpha value is -5.40. The lowest BCUT2D eigenvalue weighted by molar-refractivity contribution is 0.590. The molecule has 1 heteroatoms. The maximum absolute atomic E-state index is 2.37. The molecule has 0 amide bonds. The summed E-state index contributed by atoms with van der Waals surface area (Å²) in [5.74, 6) is 0. The first-order chi connectivity index (χ1) is 23.4. The van der Waals surface area contributed by atoms with Crippen molar-refractivity contribution in [1.82, 2.24) is 0 Å². The molecule has 0 bridgehead atoms. The Morgan fingerprint density at radius 2 is 1.04 bits per heavy atom. The van der Waals surface area contributed by atoms with Gasteiger partial charge in [-0.05, 0) is 105 Å². The summed E-state index contributed by atoms with van der Waals surface area (Å²) in [7, 11) is 0. The number of nitrogens with zero attached hydrogens (tertiary/aromatic N) is 1. The average molecular weight is 620 g/mol. The van der Waals surface area contributed by atoms with Gasteiger partial charge in [-0.3, -0.25) is 0 Å². The van der Waals surface area contributed by atoms with Crippen molar-refractivity contribution in [3.8, 4) is 11.1 Å². The molecule has 0 aromatic heterocycles. The van der Waals surface area contributed by atoms with Crippen molar-refractivity contribution in [2.75, 3.05) is 4.90 Å². The molecule has 0 aliphatic heterocycles. The molecule has 0 heterocycles. The number of anilines is 3. The lowest BCUT2D eigenvalue weighted by Gasteiger charge is -2.37. The van der Waals surface area contributed by atoms with Gasteiger partial charge in [-0.1, -0.05) is 154 Å². The summed E-state index contributed by atoms with van der Waals surface area (Å²) in [6.07, 6.45) is 6.82. The molecule has 48 heavy (non-hydrogen) atoms. The molecule has 1 atom stereocenters. The van der Waals surface area contributed by atoms with Gasteiger partial charge in [0, 0.05) is 17.1 Å². The second kappa shape index (κ2) is 12.0.